The maximum Gasteiger partial charge on any atom is 0.228 e. The molecule has 1 atom stereocenters. The molecule has 3 heteroatoms. The molecule has 2 N–H and O–H groups in total. The third kappa shape index (κ3) is 3.20. The second-order valence-electron chi connectivity index (χ2n) is 5.26. The van der Waals surface area contributed by atoms with Gasteiger partial charge in [0.05, 0.1) is 0 Å². The second-order valence-corrected chi connectivity index (χ2v) is 5.26. The van der Waals surface area contributed by atoms with E-state index in [2.05, 4.69) is 6.92 Å². The van der Waals surface area contributed by atoms with E-state index in [1.165, 1.54) is 12.8 Å². The van der Waals surface area contributed by atoms with Gasteiger partial charge >= 0.3 is 0 Å². The summed E-state index contributed by atoms with van der Waals surface area (Å²) in [5.41, 5.74) is 5.60. The first kappa shape index (κ1) is 12.5. The van der Waals surface area contributed by atoms with Crippen molar-refractivity contribution < 1.29 is 4.79 Å². The van der Waals surface area contributed by atoms with Gasteiger partial charge in [0.25, 0.3) is 0 Å². The van der Waals surface area contributed by atoms with E-state index < -0.39 is 0 Å². The summed E-state index contributed by atoms with van der Waals surface area (Å²) >= 11 is 0. The molecule has 1 aliphatic carbocycles. The number of carbonyl (C=O) groups is 1. The van der Waals surface area contributed by atoms with Crippen LogP contribution in [0.15, 0.2) is 0 Å². The van der Waals surface area contributed by atoms with Crippen LogP contribution in [0.4, 0.5) is 0 Å². The third-order valence-electron chi connectivity index (χ3n) is 3.49. The highest BCUT2D eigenvalue weighted by atomic mass is 16.2. The van der Waals surface area contributed by atoms with Crippen molar-refractivity contribution >= 4 is 5.91 Å². The lowest BCUT2D eigenvalue weighted by Crippen LogP contribution is -2.40. The molecule has 0 aromatic rings. The van der Waals surface area contributed by atoms with Crippen molar-refractivity contribution in [3.8, 4) is 0 Å². The SMILES string of the molecule is CC(N)CCN(C)C(=O)C1(C)CCCC1. The summed E-state index contributed by atoms with van der Waals surface area (Å²) in [5, 5.41) is 0. The summed E-state index contributed by atoms with van der Waals surface area (Å²) in [5.74, 6) is 0.306. The van der Waals surface area contributed by atoms with Crippen molar-refractivity contribution in [2.24, 2.45) is 11.1 Å². The average Bonchev–Trinajstić information content (AvgIpc) is 2.61. The highest BCUT2D eigenvalue weighted by molar-refractivity contribution is 5.82. The van der Waals surface area contributed by atoms with Gasteiger partial charge in [-0.2, -0.15) is 0 Å². The molecule has 3 nitrogen and oxygen atoms in total. The maximum atomic E-state index is 12.2. The topological polar surface area (TPSA) is 46.3 Å². The first-order chi connectivity index (χ1) is 6.96. The molecular weight excluding hydrogens is 188 g/mol. The Labute approximate surface area is 93.0 Å². The van der Waals surface area contributed by atoms with Crippen LogP contribution in [0.2, 0.25) is 0 Å². The van der Waals surface area contributed by atoms with Crippen molar-refractivity contribution in [2.75, 3.05) is 13.6 Å². The highest BCUT2D eigenvalue weighted by Crippen LogP contribution is 2.38. The number of rotatable bonds is 4. The zero-order valence-electron chi connectivity index (χ0n) is 10.3. The van der Waals surface area contributed by atoms with Crippen LogP contribution < -0.4 is 5.73 Å². The standard InChI is InChI=1S/C12H24N2O/c1-10(13)6-9-14(3)11(15)12(2)7-4-5-8-12/h10H,4-9,13H2,1-3H3. The van der Waals surface area contributed by atoms with Gasteiger partial charge < -0.3 is 10.6 Å². The largest absolute Gasteiger partial charge is 0.345 e. The molecule has 0 spiro atoms. The molecule has 0 bridgehead atoms. The van der Waals surface area contributed by atoms with E-state index in [0.717, 1.165) is 25.8 Å². The van der Waals surface area contributed by atoms with Gasteiger partial charge in [-0.05, 0) is 26.2 Å². The van der Waals surface area contributed by atoms with Crippen molar-refractivity contribution in [1.29, 1.82) is 0 Å². The van der Waals surface area contributed by atoms with Gasteiger partial charge in [0.1, 0.15) is 0 Å². The Kier molecular flexibility index (Phi) is 4.14. The van der Waals surface area contributed by atoms with E-state index in [0.29, 0.717) is 5.91 Å². The lowest BCUT2D eigenvalue weighted by molar-refractivity contribution is -0.139. The van der Waals surface area contributed by atoms with E-state index >= 15 is 0 Å². The number of nitrogens with zero attached hydrogens (tertiary/aromatic N) is 1. The molecular formula is C12H24N2O. The van der Waals surface area contributed by atoms with E-state index in [-0.39, 0.29) is 11.5 Å². The first-order valence-corrected chi connectivity index (χ1v) is 5.97. The number of amides is 1. The zero-order valence-corrected chi connectivity index (χ0v) is 10.3. The predicted molar refractivity (Wildman–Crippen MR) is 62.5 cm³/mol. The minimum atomic E-state index is -0.0907. The molecule has 1 unspecified atom stereocenters. The fraction of sp³-hybridized carbons (Fsp3) is 0.917. The Balaban J connectivity index is 2.44. The molecule has 0 heterocycles. The molecule has 0 aliphatic heterocycles. The normalized spacial score (nSPS) is 21.3. The van der Waals surface area contributed by atoms with Gasteiger partial charge in [-0.3, -0.25) is 4.79 Å². The van der Waals surface area contributed by atoms with Gasteiger partial charge in [-0.15, -0.1) is 0 Å². The smallest absolute Gasteiger partial charge is 0.228 e. The Morgan fingerprint density at radius 2 is 2.00 bits per heavy atom. The minimum Gasteiger partial charge on any atom is -0.345 e. The van der Waals surface area contributed by atoms with Gasteiger partial charge in [0.15, 0.2) is 0 Å². The van der Waals surface area contributed by atoms with Gasteiger partial charge in [-0.1, -0.05) is 19.8 Å². The van der Waals surface area contributed by atoms with E-state index in [9.17, 15) is 4.79 Å². The zero-order chi connectivity index (χ0) is 11.5. The van der Waals surface area contributed by atoms with Crippen LogP contribution in [-0.2, 0) is 4.79 Å². The molecule has 15 heavy (non-hydrogen) atoms. The molecule has 0 radical (unpaired) electrons. The summed E-state index contributed by atoms with van der Waals surface area (Å²) in [4.78, 5) is 14.0. The Morgan fingerprint density at radius 1 is 1.47 bits per heavy atom. The van der Waals surface area contributed by atoms with E-state index in [1.54, 1.807) is 0 Å². The summed E-state index contributed by atoms with van der Waals surface area (Å²) in [6.07, 6.45) is 5.38. The van der Waals surface area contributed by atoms with Crippen molar-refractivity contribution in [3.05, 3.63) is 0 Å². The predicted octanol–water partition coefficient (Wildman–Crippen LogP) is 1.76. The van der Waals surface area contributed by atoms with Crippen LogP contribution in [0.25, 0.3) is 0 Å². The number of hydrogen-bond donors (Lipinski definition) is 1. The highest BCUT2D eigenvalue weighted by Gasteiger charge is 2.37. The van der Waals surface area contributed by atoms with Gasteiger partial charge in [0.2, 0.25) is 5.91 Å². The quantitative estimate of drug-likeness (QED) is 0.772. The Morgan fingerprint density at radius 3 is 2.47 bits per heavy atom. The average molecular weight is 212 g/mol. The number of nitrogens with two attached hydrogens (primary N) is 1. The van der Waals surface area contributed by atoms with E-state index in [4.69, 9.17) is 5.73 Å². The van der Waals surface area contributed by atoms with Crippen LogP contribution in [0.3, 0.4) is 0 Å². The summed E-state index contributed by atoms with van der Waals surface area (Å²) in [6, 6.07) is 0.177. The molecule has 1 rings (SSSR count). The van der Waals surface area contributed by atoms with Crippen LogP contribution >= 0.6 is 0 Å². The number of carbonyl (C=O) groups excluding carboxylic acids is 1. The summed E-state index contributed by atoms with van der Waals surface area (Å²) in [6.45, 7) is 4.87. The molecule has 0 aromatic carbocycles. The Bertz CT molecular complexity index is 220. The number of hydrogen-bond acceptors (Lipinski definition) is 2. The van der Waals surface area contributed by atoms with Crippen molar-refractivity contribution in [2.45, 2.75) is 52.0 Å². The molecule has 1 fully saturated rings. The summed E-state index contributed by atoms with van der Waals surface area (Å²) < 4.78 is 0. The monoisotopic (exact) mass is 212 g/mol. The fourth-order valence-electron chi connectivity index (χ4n) is 2.33. The van der Waals surface area contributed by atoms with Crippen LogP contribution in [0.1, 0.15) is 46.0 Å². The molecule has 0 aromatic heterocycles. The Hall–Kier alpha value is -0.570. The lowest BCUT2D eigenvalue weighted by atomic mass is 9.87. The van der Waals surface area contributed by atoms with Gasteiger partial charge in [-0.25, -0.2) is 0 Å². The van der Waals surface area contributed by atoms with Crippen LogP contribution in [-0.4, -0.2) is 30.4 Å². The molecule has 88 valence electrons. The molecule has 1 amide bonds. The lowest BCUT2D eigenvalue weighted by Gasteiger charge is -2.29. The second kappa shape index (κ2) is 4.97. The first-order valence-electron chi connectivity index (χ1n) is 5.97. The molecule has 1 saturated carbocycles. The maximum absolute atomic E-state index is 12.2. The summed E-state index contributed by atoms with van der Waals surface area (Å²) in [7, 11) is 1.90. The minimum absolute atomic E-state index is 0.0907. The van der Waals surface area contributed by atoms with E-state index in [1.807, 2.05) is 18.9 Å². The van der Waals surface area contributed by atoms with Crippen molar-refractivity contribution in [3.63, 3.8) is 0 Å². The van der Waals surface area contributed by atoms with Crippen LogP contribution in [0, 0.1) is 5.41 Å². The fourth-order valence-corrected chi connectivity index (χ4v) is 2.33. The molecule has 0 saturated heterocycles. The molecule has 1 aliphatic rings. The van der Waals surface area contributed by atoms with Crippen LogP contribution in [0.5, 0.6) is 0 Å². The van der Waals surface area contributed by atoms with Crippen molar-refractivity contribution in [1.82, 2.24) is 4.90 Å². The third-order valence-corrected chi connectivity index (χ3v) is 3.49. The van der Waals surface area contributed by atoms with Gasteiger partial charge in [0, 0.05) is 25.0 Å².